The van der Waals surface area contributed by atoms with Crippen LogP contribution in [0.25, 0.3) is 0 Å². The minimum atomic E-state index is -0.856. The summed E-state index contributed by atoms with van der Waals surface area (Å²) in [5.74, 6) is -2.53. The number of benzene rings is 3. The van der Waals surface area contributed by atoms with Crippen LogP contribution >= 0.6 is 0 Å². The molecule has 1 aliphatic carbocycles. The molecular formula is C20H12N2O6. The molecule has 28 heavy (non-hydrogen) atoms. The number of phenolic OH excluding ortho intramolecular Hbond substituents is 2. The molecule has 0 spiro atoms. The van der Waals surface area contributed by atoms with E-state index in [4.69, 9.17) is 0 Å². The van der Waals surface area contributed by atoms with Crippen molar-refractivity contribution in [3.8, 4) is 11.5 Å². The number of nitro benzene ring substituents is 1. The van der Waals surface area contributed by atoms with Crippen LogP contribution in [0.5, 0.6) is 11.5 Å². The highest BCUT2D eigenvalue weighted by atomic mass is 16.6. The molecule has 3 aromatic carbocycles. The number of rotatable bonds is 3. The van der Waals surface area contributed by atoms with Gasteiger partial charge >= 0.3 is 0 Å². The molecule has 0 amide bonds. The van der Waals surface area contributed by atoms with Crippen LogP contribution in [0.1, 0.15) is 31.8 Å². The maximum Gasteiger partial charge on any atom is 0.285 e. The number of ketones is 2. The third-order valence-electron chi connectivity index (χ3n) is 4.46. The highest BCUT2D eigenvalue weighted by molar-refractivity contribution is 6.32. The molecule has 0 atom stereocenters. The Kier molecular flexibility index (Phi) is 3.82. The zero-order valence-electron chi connectivity index (χ0n) is 14.2. The van der Waals surface area contributed by atoms with E-state index in [1.807, 2.05) is 6.07 Å². The molecule has 0 fully saturated rings. The van der Waals surface area contributed by atoms with E-state index >= 15 is 0 Å². The minimum absolute atomic E-state index is 0.110. The standard InChI is InChI=1S/C20H12N2O6/c23-11-8-12-16(14(9-11)22(27)28)20(26)18-15(24)7-6-13(17(18)19(12)25)21-10-4-2-1-3-5-10/h1-9,21,23-24H. The average molecular weight is 376 g/mol. The van der Waals surface area contributed by atoms with Crippen molar-refractivity contribution < 1.29 is 24.7 Å². The highest BCUT2D eigenvalue weighted by Gasteiger charge is 2.39. The largest absolute Gasteiger partial charge is 0.508 e. The predicted octanol–water partition coefficient (Wildman–Crippen LogP) is 3.53. The Hall–Kier alpha value is -4.20. The monoisotopic (exact) mass is 376 g/mol. The third-order valence-corrected chi connectivity index (χ3v) is 4.46. The van der Waals surface area contributed by atoms with Gasteiger partial charge in [0.2, 0.25) is 5.78 Å². The molecule has 0 unspecified atom stereocenters. The SMILES string of the molecule is O=C1c2c(cc(O)cc2[N+](=O)[O-])C(=O)c2c(Nc3ccccc3)ccc(O)c21. The molecule has 0 aromatic heterocycles. The molecule has 0 saturated heterocycles. The second-order valence-electron chi connectivity index (χ2n) is 6.18. The number of nitro groups is 1. The number of aromatic hydroxyl groups is 2. The second kappa shape index (κ2) is 6.20. The van der Waals surface area contributed by atoms with Crippen molar-refractivity contribution in [2.75, 3.05) is 5.32 Å². The molecule has 8 nitrogen and oxygen atoms in total. The van der Waals surface area contributed by atoms with Crippen LogP contribution in [0.2, 0.25) is 0 Å². The zero-order valence-corrected chi connectivity index (χ0v) is 14.2. The fourth-order valence-corrected chi connectivity index (χ4v) is 3.27. The van der Waals surface area contributed by atoms with Crippen molar-refractivity contribution in [3.63, 3.8) is 0 Å². The molecule has 0 bridgehead atoms. The quantitative estimate of drug-likeness (QED) is 0.283. The van der Waals surface area contributed by atoms with E-state index in [1.54, 1.807) is 24.3 Å². The Morgan fingerprint density at radius 2 is 1.57 bits per heavy atom. The molecule has 8 heteroatoms. The summed E-state index contributed by atoms with van der Waals surface area (Å²) in [5, 5.41) is 34.4. The fraction of sp³-hybridized carbons (Fsp3) is 0. The van der Waals surface area contributed by atoms with Gasteiger partial charge in [0.1, 0.15) is 17.1 Å². The lowest BCUT2D eigenvalue weighted by molar-refractivity contribution is -0.385. The van der Waals surface area contributed by atoms with Gasteiger partial charge in [-0.1, -0.05) is 18.2 Å². The van der Waals surface area contributed by atoms with Crippen molar-refractivity contribution in [2.45, 2.75) is 0 Å². The first-order valence-electron chi connectivity index (χ1n) is 8.17. The maximum atomic E-state index is 13.1. The summed E-state index contributed by atoms with van der Waals surface area (Å²) in [5.41, 5.74) is -0.955. The summed E-state index contributed by atoms with van der Waals surface area (Å²) >= 11 is 0. The van der Waals surface area contributed by atoms with E-state index in [-0.39, 0.29) is 22.4 Å². The first kappa shape index (κ1) is 17.2. The summed E-state index contributed by atoms with van der Waals surface area (Å²) < 4.78 is 0. The zero-order chi connectivity index (χ0) is 20.0. The van der Waals surface area contributed by atoms with Crippen LogP contribution in [0.15, 0.2) is 54.6 Å². The number of para-hydroxylation sites is 1. The Morgan fingerprint density at radius 3 is 2.25 bits per heavy atom. The molecule has 3 aromatic rings. The number of anilines is 2. The number of nitrogens with one attached hydrogen (secondary N) is 1. The summed E-state index contributed by atoms with van der Waals surface area (Å²) in [4.78, 5) is 36.6. The molecule has 4 rings (SSSR count). The summed E-state index contributed by atoms with van der Waals surface area (Å²) in [7, 11) is 0. The van der Waals surface area contributed by atoms with Crippen molar-refractivity contribution in [1.82, 2.24) is 0 Å². The third kappa shape index (κ3) is 2.55. The molecule has 0 radical (unpaired) electrons. The van der Waals surface area contributed by atoms with E-state index in [1.165, 1.54) is 12.1 Å². The molecule has 0 heterocycles. The number of fused-ring (bicyclic) bond motifs is 2. The normalized spacial score (nSPS) is 12.3. The minimum Gasteiger partial charge on any atom is -0.508 e. The van der Waals surface area contributed by atoms with E-state index < -0.39 is 39.2 Å². The molecule has 0 aliphatic heterocycles. The number of hydrogen-bond acceptors (Lipinski definition) is 7. The highest BCUT2D eigenvalue weighted by Crippen LogP contribution is 2.42. The summed E-state index contributed by atoms with van der Waals surface area (Å²) in [6, 6.07) is 13.4. The van der Waals surface area contributed by atoms with Gasteiger partial charge in [-0.15, -0.1) is 0 Å². The van der Waals surface area contributed by atoms with Gasteiger partial charge in [0.25, 0.3) is 5.69 Å². The number of carbonyl (C=O) groups is 2. The number of nitrogens with zero attached hydrogens (tertiary/aromatic N) is 1. The molecule has 138 valence electrons. The predicted molar refractivity (Wildman–Crippen MR) is 99.5 cm³/mol. The molecular weight excluding hydrogens is 364 g/mol. The van der Waals surface area contributed by atoms with Crippen LogP contribution in [0, 0.1) is 10.1 Å². The van der Waals surface area contributed by atoms with Crippen LogP contribution in [0.3, 0.4) is 0 Å². The van der Waals surface area contributed by atoms with E-state index in [0.29, 0.717) is 5.69 Å². The second-order valence-corrected chi connectivity index (χ2v) is 6.18. The van der Waals surface area contributed by atoms with Crippen molar-refractivity contribution >= 4 is 28.6 Å². The van der Waals surface area contributed by atoms with Gasteiger partial charge in [0.15, 0.2) is 5.78 Å². The van der Waals surface area contributed by atoms with Gasteiger partial charge in [-0.05, 0) is 30.3 Å². The Balaban J connectivity index is 1.96. The Bertz CT molecular complexity index is 1170. The Morgan fingerprint density at radius 1 is 0.857 bits per heavy atom. The van der Waals surface area contributed by atoms with E-state index in [0.717, 1.165) is 12.1 Å². The van der Waals surface area contributed by atoms with E-state index in [9.17, 15) is 29.9 Å². The summed E-state index contributed by atoms with van der Waals surface area (Å²) in [6.07, 6.45) is 0. The lowest BCUT2D eigenvalue weighted by Gasteiger charge is -2.21. The first-order chi connectivity index (χ1) is 13.4. The van der Waals surface area contributed by atoms with Gasteiger partial charge in [0, 0.05) is 11.3 Å². The van der Waals surface area contributed by atoms with Crippen molar-refractivity contribution in [2.24, 2.45) is 0 Å². The fourth-order valence-electron chi connectivity index (χ4n) is 3.27. The smallest absolute Gasteiger partial charge is 0.285 e. The maximum absolute atomic E-state index is 13.1. The Labute approximate surface area is 157 Å². The lowest BCUT2D eigenvalue weighted by atomic mass is 9.81. The van der Waals surface area contributed by atoms with Crippen LogP contribution in [-0.4, -0.2) is 26.7 Å². The van der Waals surface area contributed by atoms with Gasteiger partial charge in [0.05, 0.1) is 27.8 Å². The molecule has 3 N–H and O–H groups in total. The molecule has 0 saturated carbocycles. The average Bonchev–Trinajstić information content (AvgIpc) is 2.67. The topological polar surface area (TPSA) is 130 Å². The number of carbonyl (C=O) groups excluding carboxylic acids is 2. The lowest BCUT2D eigenvalue weighted by Crippen LogP contribution is -2.23. The number of hydrogen-bond donors (Lipinski definition) is 3. The van der Waals surface area contributed by atoms with Crippen LogP contribution < -0.4 is 5.32 Å². The van der Waals surface area contributed by atoms with Crippen LogP contribution in [-0.2, 0) is 0 Å². The van der Waals surface area contributed by atoms with E-state index in [2.05, 4.69) is 5.32 Å². The number of phenols is 2. The van der Waals surface area contributed by atoms with Gasteiger partial charge in [-0.25, -0.2) is 0 Å². The van der Waals surface area contributed by atoms with Gasteiger partial charge in [-0.2, -0.15) is 0 Å². The summed E-state index contributed by atoms with van der Waals surface area (Å²) in [6.45, 7) is 0. The van der Waals surface area contributed by atoms with Crippen molar-refractivity contribution in [1.29, 1.82) is 0 Å². The molecule has 1 aliphatic rings. The van der Waals surface area contributed by atoms with Crippen molar-refractivity contribution in [3.05, 3.63) is 87.0 Å². The van der Waals surface area contributed by atoms with Gasteiger partial charge < -0.3 is 15.5 Å². The van der Waals surface area contributed by atoms with Crippen LogP contribution in [0.4, 0.5) is 17.1 Å². The van der Waals surface area contributed by atoms with Gasteiger partial charge in [-0.3, -0.25) is 19.7 Å². The first-order valence-corrected chi connectivity index (χ1v) is 8.17.